The Bertz CT molecular complexity index is 827. The molecular weight excluding hydrogens is 324 g/mol. The molecule has 0 unspecified atom stereocenters. The summed E-state index contributed by atoms with van der Waals surface area (Å²) in [6.45, 7) is 0. The van der Waals surface area contributed by atoms with Gasteiger partial charge in [-0.3, -0.25) is 24.7 Å². The second kappa shape index (κ2) is 7.40. The van der Waals surface area contributed by atoms with Gasteiger partial charge in [-0.25, -0.2) is 4.79 Å². The average Bonchev–Trinajstić information content (AvgIpc) is 2.50. The Morgan fingerprint density at radius 2 is 1.96 bits per heavy atom. The van der Waals surface area contributed by atoms with Crippen molar-refractivity contribution in [3.63, 3.8) is 0 Å². The van der Waals surface area contributed by atoms with Crippen LogP contribution in [-0.4, -0.2) is 26.6 Å². The fourth-order valence-corrected chi connectivity index (χ4v) is 2.45. The van der Waals surface area contributed by atoms with Gasteiger partial charge in [-0.05, 0) is 5.56 Å². The molecule has 0 saturated carbocycles. The Hall–Kier alpha value is -2.88. The number of amides is 1. The Morgan fingerprint density at radius 1 is 1.26 bits per heavy atom. The van der Waals surface area contributed by atoms with Gasteiger partial charge in [-0.2, -0.15) is 0 Å². The SMILES string of the molecule is O=C(CSCc1ccc([N+](=O)[O-])cc1)Nc1c[nH]c(=O)[nH]c1=O. The predicted octanol–water partition coefficient (Wildman–Crippen LogP) is 0.843. The van der Waals surface area contributed by atoms with Gasteiger partial charge >= 0.3 is 5.69 Å². The number of thioether (sulfide) groups is 1. The minimum Gasteiger partial charge on any atom is -0.320 e. The number of anilines is 1. The predicted molar refractivity (Wildman–Crippen MR) is 85.6 cm³/mol. The second-order valence-electron chi connectivity index (χ2n) is 4.45. The summed E-state index contributed by atoms with van der Waals surface area (Å²) in [5.41, 5.74) is -0.516. The molecule has 1 aromatic carbocycles. The van der Waals surface area contributed by atoms with Crippen molar-refractivity contribution in [2.24, 2.45) is 0 Å². The van der Waals surface area contributed by atoms with Crippen LogP contribution in [0.1, 0.15) is 5.56 Å². The van der Waals surface area contributed by atoms with Gasteiger partial charge in [0.15, 0.2) is 0 Å². The van der Waals surface area contributed by atoms with E-state index in [2.05, 4.69) is 10.3 Å². The van der Waals surface area contributed by atoms with Crippen LogP contribution in [0.15, 0.2) is 40.1 Å². The van der Waals surface area contributed by atoms with Gasteiger partial charge in [-0.1, -0.05) is 12.1 Å². The van der Waals surface area contributed by atoms with Crippen molar-refractivity contribution in [3.8, 4) is 0 Å². The summed E-state index contributed by atoms with van der Waals surface area (Å²) >= 11 is 1.29. The van der Waals surface area contributed by atoms with Crippen molar-refractivity contribution >= 4 is 29.0 Å². The molecule has 0 radical (unpaired) electrons. The first-order valence-corrected chi connectivity index (χ1v) is 7.54. The maximum absolute atomic E-state index is 11.7. The van der Waals surface area contributed by atoms with Crippen LogP contribution in [0.2, 0.25) is 0 Å². The smallest absolute Gasteiger partial charge is 0.320 e. The number of rotatable bonds is 6. The monoisotopic (exact) mass is 336 g/mol. The molecule has 2 rings (SSSR count). The molecule has 0 fully saturated rings. The minimum atomic E-state index is -0.678. The number of non-ortho nitro benzene ring substituents is 1. The molecule has 0 atom stereocenters. The number of aromatic amines is 2. The number of nitro groups is 1. The van der Waals surface area contributed by atoms with E-state index in [4.69, 9.17) is 0 Å². The van der Waals surface area contributed by atoms with E-state index in [1.807, 2.05) is 4.98 Å². The standard InChI is InChI=1S/C13H12N4O5S/c18-11(15-10-5-14-13(20)16-12(10)19)7-23-6-8-1-3-9(4-2-8)17(21)22/h1-5H,6-7H2,(H,15,18)(H2,14,16,19,20). The van der Waals surface area contributed by atoms with Gasteiger partial charge in [0.05, 0.1) is 10.7 Å². The lowest BCUT2D eigenvalue weighted by Crippen LogP contribution is -2.27. The molecule has 0 aliphatic rings. The van der Waals surface area contributed by atoms with E-state index in [1.165, 1.54) is 23.9 Å². The number of hydrogen-bond acceptors (Lipinski definition) is 6. The zero-order chi connectivity index (χ0) is 16.8. The Labute approximate surface area is 133 Å². The van der Waals surface area contributed by atoms with Crippen LogP contribution in [0.25, 0.3) is 0 Å². The lowest BCUT2D eigenvalue weighted by atomic mass is 10.2. The molecule has 0 aliphatic carbocycles. The van der Waals surface area contributed by atoms with Gasteiger partial charge in [0.25, 0.3) is 11.2 Å². The van der Waals surface area contributed by atoms with E-state index in [-0.39, 0.29) is 17.1 Å². The van der Waals surface area contributed by atoms with Crippen molar-refractivity contribution < 1.29 is 9.72 Å². The van der Waals surface area contributed by atoms with Crippen LogP contribution in [0.3, 0.4) is 0 Å². The van der Waals surface area contributed by atoms with Crippen LogP contribution in [-0.2, 0) is 10.5 Å². The molecule has 0 bridgehead atoms. The maximum Gasteiger partial charge on any atom is 0.325 e. The van der Waals surface area contributed by atoms with Crippen LogP contribution in [0, 0.1) is 10.1 Å². The lowest BCUT2D eigenvalue weighted by Gasteiger charge is -2.04. The highest BCUT2D eigenvalue weighted by molar-refractivity contribution is 7.99. The molecule has 1 amide bonds. The van der Waals surface area contributed by atoms with E-state index in [0.717, 1.165) is 11.8 Å². The minimum absolute atomic E-state index is 0.00814. The molecule has 23 heavy (non-hydrogen) atoms. The summed E-state index contributed by atoms with van der Waals surface area (Å²) < 4.78 is 0. The third-order valence-electron chi connectivity index (χ3n) is 2.74. The zero-order valence-corrected chi connectivity index (χ0v) is 12.5. The number of carbonyl (C=O) groups is 1. The summed E-state index contributed by atoms with van der Waals surface area (Å²) in [7, 11) is 0. The Balaban J connectivity index is 1.83. The fourth-order valence-electron chi connectivity index (χ4n) is 1.66. The van der Waals surface area contributed by atoms with Gasteiger partial charge in [-0.15, -0.1) is 11.8 Å². The first-order chi connectivity index (χ1) is 11.0. The van der Waals surface area contributed by atoms with Gasteiger partial charge in [0.2, 0.25) is 5.91 Å². The highest BCUT2D eigenvalue weighted by Crippen LogP contribution is 2.16. The number of hydrogen-bond donors (Lipinski definition) is 3. The van der Waals surface area contributed by atoms with Crippen LogP contribution >= 0.6 is 11.8 Å². The van der Waals surface area contributed by atoms with Crippen LogP contribution in [0.5, 0.6) is 0 Å². The molecule has 120 valence electrons. The van der Waals surface area contributed by atoms with Crippen molar-refractivity contribution in [1.82, 2.24) is 9.97 Å². The van der Waals surface area contributed by atoms with E-state index < -0.39 is 22.1 Å². The number of carbonyl (C=O) groups excluding carboxylic acids is 1. The molecule has 1 heterocycles. The zero-order valence-electron chi connectivity index (χ0n) is 11.7. The molecule has 0 spiro atoms. The molecule has 1 aromatic heterocycles. The molecule has 0 aliphatic heterocycles. The molecule has 9 nitrogen and oxygen atoms in total. The molecule has 2 aromatic rings. The van der Waals surface area contributed by atoms with E-state index in [0.29, 0.717) is 5.75 Å². The molecular formula is C13H12N4O5S. The van der Waals surface area contributed by atoms with Gasteiger partial charge in [0.1, 0.15) is 5.69 Å². The Morgan fingerprint density at radius 3 is 2.57 bits per heavy atom. The van der Waals surface area contributed by atoms with E-state index >= 15 is 0 Å². The number of H-pyrrole nitrogens is 2. The van der Waals surface area contributed by atoms with Crippen molar-refractivity contribution in [1.29, 1.82) is 0 Å². The number of nitrogens with one attached hydrogen (secondary N) is 3. The summed E-state index contributed by atoms with van der Waals surface area (Å²) in [4.78, 5) is 48.3. The number of nitro benzene ring substituents is 1. The highest BCUT2D eigenvalue weighted by atomic mass is 32.2. The molecule has 0 saturated heterocycles. The Kier molecular flexibility index (Phi) is 5.31. The highest BCUT2D eigenvalue weighted by Gasteiger charge is 2.07. The van der Waals surface area contributed by atoms with Crippen molar-refractivity contribution in [2.75, 3.05) is 11.1 Å². The molecule has 10 heteroatoms. The van der Waals surface area contributed by atoms with Crippen LogP contribution in [0.4, 0.5) is 11.4 Å². The number of nitrogens with zero attached hydrogens (tertiary/aromatic N) is 1. The van der Waals surface area contributed by atoms with E-state index in [1.54, 1.807) is 12.1 Å². The number of benzene rings is 1. The maximum atomic E-state index is 11.7. The lowest BCUT2D eigenvalue weighted by molar-refractivity contribution is -0.384. The normalized spacial score (nSPS) is 10.3. The van der Waals surface area contributed by atoms with E-state index in [9.17, 15) is 24.5 Å². The summed E-state index contributed by atoms with van der Waals surface area (Å²) in [6, 6.07) is 6.04. The summed E-state index contributed by atoms with van der Waals surface area (Å²) in [6.07, 6.45) is 1.13. The van der Waals surface area contributed by atoms with Crippen molar-refractivity contribution in [2.45, 2.75) is 5.75 Å². The third-order valence-corrected chi connectivity index (χ3v) is 3.75. The van der Waals surface area contributed by atoms with Crippen LogP contribution < -0.4 is 16.6 Å². The van der Waals surface area contributed by atoms with Gasteiger partial charge < -0.3 is 10.3 Å². The number of aromatic nitrogens is 2. The largest absolute Gasteiger partial charge is 0.325 e. The summed E-state index contributed by atoms with van der Waals surface area (Å²) in [5.74, 6) is 0.192. The van der Waals surface area contributed by atoms with Crippen molar-refractivity contribution in [3.05, 3.63) is 67.0 Å². The average molecular weight is 336 g/mol. The van der Waals surface area contributed by atoms with Gasteiger partial charge in [0, 0.05) is 24.1 Å². The first-order valence-electron chi connectivity index (χ1n) is 6.38. The topological polar surface area (TPSA) is 138 Å². The quantitative estimate of drug-likeness (QED) is 0.528. The fraction of sp³-hybridized carbons (Fsp3) is 0.154. The molecule has 3 N–H and O–H groups in total. The second-order valence-corrected chi connectivity index (χ2v) is 5.44. The third kappa shape index (κ3) is 4.81. The summed E-state index contributed by atoms with van der Waals surface area (Å²) in [5, 5.41) is 12.9. The first kappa shape index (κ1) is 16.5.